The van der Waals surface area contributed by atoms with Crippen LogP contribution in [0.2, 0.25) is 0 Å². The molecule has 0 atom stereocenters. The molecule has 7 heteroatoms. The number of hydrogen-bond acceptors (Lipinski definition) is 7. The maximum atomic E-state index is 12.4. The molecule has 1 aliphatic heterocycles. The van der Waals surface area contributed by atoms with Crippen LogP contribution in [0.25, 0.3) is 6.08 Å². The van der Waals surface area contributed by atoms with Gasteiger partial charge in [-0.1, -0.05) is 32.3 Å². The van der Waals surface area contributed by atoms with Crippen molar-refractivity contribution < 1.29 is 28.5 Å². The van der Waals surface area contributed by atoms with Crippen molar-refractivity contribution >= 4 is 17.9 Å². The minimum atomic E-state index is -0.531. The topological polar surface area (TPSA) is 75.6 Å². The van der Waals surface area contributed by atoms with Crippen molar-refractivity contribution in [2.45, 2.75) is 32.6 Å². The van der Waals surface area contributed by atoms with E-state index >= 15 is 0 Å². The highest BCUT2D eigenvalue weighted by Gasteiger charge is 2.25. The van der Waals surface area contributed by atoms with Gasteiger partial charge in [-0.15, -0.1) is 0 Å². The number of carbonyl (C=O) groups excluding carboxylic acids is 1. The van der Waals surface area contributed by atoms with Gasteiger partial charge in [0.25, 0.3) is 0 Å². The molecule has 170 valence electrons. The average molecular weight is 440 g/mol. The molecule has 2 aromatic rings. The van der Waals surface area contributed by atoms with Gasteiger partial charge in [-0.2, -0.15) is 0 Å². The lowest BCUT2D eigenvalue weighted by molar-refractivity contribution is -0.129. The smallest absolute Gasteiger partial charge is 0.363 e. The third kappa shape index (κ3) is 5.81. The van der Waals surface area contributed by atoms with Gasteiger partial charge in [-0.3, -0.25) is 0 Å². The van der Waals surface area contributed by atoms with Crippen LogP contribution in [0.5, 0.6) is 23.0 Å². The second-order valence-corrected chi connectivity index (χ2v) is 7.26. The Kier molecular flexibility index (Phi) is 8.14. The van der Waals surface area contributed by atoms with E-state index in [0.29, 0.717) is 35.2 Å². The van der Waals surface area contributed by atoms with Crippen LogP contribution in [0, 0.1) is 0 Å². The summed E-state index contributed by atoms with van der Waals surface area (Å²) >= 11 is 0. The molecule has 32 heavy (non-hydrogen) atoms. The summed E-state index contributed by atoms with van der Waals surface area (Å²) < 4.78 is 27.2. The quantitative estimate of drug-likeness (QED) is 0.278. The number of esters is 1. The first-order valence-electron chi connectivity index (χ1n) is 10.6. The first-order chi connectivity index (χ1) is 15.6. The van der Waals surface area contributed by atoms with Crippen LogP contribution >= 0.6 is 0 Å². The van der Waals surface area contributed by atoms with Crippen LogP contribution in [-0.2, 0) is 9.53 Å². The molecule has 1 heterocycles. The molecule has 0 aliphatic carbocycles. The summed E-state index contributed by atoms with van der Waals surface area (Å²) in [5.74, 6) is 2.08. The Hall–Kier alpha value is -3.48. The van der Waals surface area contributed by atoms with Crippen molar-refractivity contribution in [3.8, 4) is 23.0 Å². The molecule has 1 aliphatic rings. The van der Waals surface area contributed by atoms with Crippen molar-refractivity contribution in [2.24, 2.45) is 4.99 Å². The summed E-state index contributed by atoms with van der Waals surface area (Å²) in [5, 5.41) is 0. The Morgan fingerprint density at radius 3 is 2.31 bits per heavy atom. The summed E-state index contributed by atoms with van der Waals surface area (Å²) in [4.78, 5) is 16.8. The highest BCUT2D eigenvalue weighted by atomic mass is 16.6. The molecule has 0 bridgehead atoms. The second kappa shape index (κ2) is 11.2. The molecule has 3 rings (SSSR count). The Balaban J connectivity index is 1.79. The summed E-state index contributed by atoms with van der Waals surface area (Å²) in [7, 11) is 4.70. The number of carbonyl (C=O) groups is 1. The van der Waals surface area contributed by atoms with Crippen molar-refractivity contribution in [3.05, 3.63) is 53.2 Å². The van der Waals surface area contributed by atoms with E-state index in [1.807, 2.05) is 18.2 Å². The van der Waals surface area contributed by atoms with Crippen molar-refractivity contribution in [1.82, 2.24) is 0 Å². The fourth-order valence-electron chi connectivity index (χ4n) is 3.23. The van der Waals surface area contributed by atoms with E-state index in [0.717, 1.165) is 18.4 Å². The predicted molar refractivity (Wildman–Crippen MR) is 123 cm³/mol. The molecular weight excluding hydrogens is 410 g/mol. The molecule has 7 nitrogen and oxygen atoms in total. The van der Waals surface area contributed by atoms with Gasteiger partial charge in [0.15, 0.2) is 17.2 Å². The second-order valence-electron chi connectivity index (χ2n) is 7.26. The van der Waals surface area contributed by atoms with Gasteiger partial charge in [0.2, 0.25) is 5.90 Å². The van der Waals surface area contributed by atoms with E-state index in [4.69, 9.17) is 23.7 Å². The third-order valence-electron chi connectivity index (χ3n) is 4.97. The number of hydrogen-bond donors (Lipinski definition) is 0. The van der Waals surface area contributed by atoms with Gasteiger partial charge in [-0.25, -0.2) is 9.79 Å². The van der Waals surface area contributed by atoms with Gasteiger partial charge in [0.1, 0.15) is 11.5 Å². The molecule has 0 radical (unpaired) electrons. The summed E-state index contributed by atoms with van der Waals surface area (Å²) in [5.41, 5.74) is 1.53. The fourth-order valence-corrected chi connectivity index (χ4v) is 3.23. The number of cyclic esters (lactones) is 1. The first-order valence-corrected chi connectivity index (χ1v) is 10.6. The van der Waals surface area contributed by atoms with Crippen LogP contribution in [-0.4, -0.2) is 39.8 Å². The molecule has 0 spiro atoms. The van der Waals surface area contributed by atoms with E-state index in [-0.39, 0.29) is 11.6 Å². The summed E-state index contributed by atoms with van der Waals surface area (Å²) in [6, 6.07) is 10.7. The minimum absolute atomic E-state index is 0.192. The van der Waals surface area contributed by atoms with E-state index in [2.05, 4.69) is 11.9 Å². The van der Waals surface area contributed by atoms with Gasteiger partial charge >= 0.3 is 5.97 Å². The van der Waals surface area contributed by atoms with Gasteiger partial charge < -0.3 is 23.7 Å². The SMILES string of the molecule is CCCCCCOc1ccc(C=C2N=C(c3cc(OC)cc(OC)c3)OC2=O)cc1OC. The van der Waals surface area contributed by atoms with Crippen molar-refractivity contribution in [1.29, 1.82) is 0 Å². The molecule has 0 aromatic heterocycles. The molecule has 0 amide bonds. The maximum absolute atomic E-state index is 12.4. The Morgan fingerprint density at radius 1 is 0.906 bits per heavy atom. The first kappa shape index (κ1) is 23.2. The van der Waals surface area contributed by atoms with Crippen LogP contribution in [0.3, 0.4) is 0 Å². The number of aliphatic imine (C=N–C) groups is 1. The zero-order valence-electron chi connectivity index (χ0n) is 19.0. The van der Waals surface area contributed by atoms with Crippen LogP contribution in [0.4, 0.5) is 0 Å². The summed E-state index contributed by atoms with van der Waals surface area (Å²) in [6.45, 7) is 2.82. The number of unbranched alkanes of at least 4 members (excludes halogenated alkanes) is 3. The molecule has 0 saturated heterocycles. The van der Waals surface area contributed by atoms with Crippen molar-refractivity contribution in [3.63, 3.8) is 0 Å². The zero-order chi connectivity index (χ0) is 22.9. The lowest BCUT2D eigenvalue weighted by atomic mass is 10.1. The lowest BCUT2D eigenvalue weighted by Crippen LogP contribution is -2.06. The average Bonchev–Trinajstić information content (AvgIpc) is 3.19. The maximum Gasteiger partial charge on any atom is 0.363 e. The highest BCUT2D eigenvalue weighted by Crippen LogP contribution is 2.31. The minimum Gasteiger partial charge on any atom is -0.497 e. The predicted octanol–water partition coefficient (Wildman–Crippen LogP) is 5.02. The van der Waals surface area contributed by atoms with E-state index in [1.165, 1.54) is 12.8 Å². The molecule has 0 unspecified atom stereocenters. The number of methoxy groups -OCH3 is 3. The van der Waals surface area contributed by atoms with E-state index in [1.54, 1.807) is 45.6 Å². The van der Waals surface area contributed by atoms with E-state index < -0.39 is 5.97 Å². The van der Waals surface area contributed by atoms with Gasteiger partial charge in [0.05, 0.1) is 27.9 Å². The van der Waals surface area contributed by atoms with E-state index in [9.17, 15) is 4.79 Å². The molecule has 0 saturated carbocycles. The monoisotopic (exact) mass is 439 g/mol. The standard InChI is InChI=1S/C25H29NO6/c1-5-6-7-8-11-31-22-10-9-17(13-23(22)30-4)12-21-25(27)32-24(26-21)18-14-19(28-2)16-20(15-18)29-3/h9-10,12-16H,5-8,11H2,1-4H3. The lowest BCUT2D eigenvalue weighted by Gasteiger charge is -2.11. The van der Waals surface area contributed by atoms with Crippen LogP contribution < -0.4 is 18.9 Å². The highest BCUT2D eigenvalue weighted by molar-refractivity contribution is 6.13. The van der Waals surface area contributed by atoms with Gasteiger partial charge in [0, 0.05) is 11.6 Å². The number of ether oxygens (including phenoxy) is 5. The summed E-state index contributed by atoms with van der Waals surface area (Å²) in [6.07, 6.45) is 6.19. The molecule has 2 aromatic carbocycles. The third-order valence-corrected chi connectivity index (χ3v) is 4.97. The number of nitrogens with zero attached hydrogens (tertiary/aromatic N) is 1. The Labute approximate surface area is 188 Å². The normalized spacial score (nSPS) is 14.2. The molecule has 0 N–H and O–H groups in total. The molecule has 0 fully saturated rings. The molecular formula is C25H29NO6. The van der Waals surface area contributed by atoms with Gasteiger partial charge in [-0.05, 0) is 42.3 Å². The largest absolute Gasteiger partial charge is 0.497 e. The number of rotatable bonds is 11. The fraction of sp³-hybridized carbons (Fsp3) is 0.360. The Morgan fingerprint density at radius 2 is 1.66 bits per heavy atom. The van der Waals surface area contributed by atoms with Crippen LogP contribution in [0.1, 0.15) is 43.7 Å². The Bertz CT molecular complexity index is 989. The van der Waals surface area contributed by atoms with Crippen molar-refractivity contribution in [2.75, 3.05) is 27.9 Å². The zero-order valence-corrected chi connectivity index (χ0v) is 19.0. The number of benzene rings is 2. The van der Waals surface area contributed by atoms with Crippen LogP contribution in [0.15, 0.2) is 47.1 Å².